The van der Waals surface area contributed by atoms with Crippen LogP contribution in [0.25, 0.3) is 22.3 Å². The Morgan fingerprint density at radius 1 is 1.02 bits per heavy atom. The molecule has 0 amide bonds. The van der Waals surface area contributed by atoms with Crippen molar-refractivity contribution in [2.75, 3.05) is 0 Å². The van der Waals surface area contributed by atoms with Gasteiger partial charge in [-0.1, -0.05) is 13.8 Å². The smallest absolute Gasteiger partial charge is 0.335 e. The first-order valence-electron chi connectivity index (χ1n) is 12.0. The molecule has 0 bridgehead atoms. The molecular formula is C26H26O14. The van der Waals surface area contributed by atoms with Gasteiger partial charge in [0, 0.05) is 11.6 Å². The number of hydrogen-bond donors (Lipinski definition) is 7. The van der Waals surface area contributed by atoms with Crippen molar-refractivity contribution in [3.8, 4) is 40.1 Å². The van der Waals surface area contributed by atoms with E-state index in [1.807, 2.05) is 0 Å². The number of phenols is 3. The molecule has 214 valence electrons. The van der Waals surface area contributed by atoms with E-state index < -0.39 is 93.7 Å². The van der Waals surface area contributed by atoms with Gasteiger partial charge in [0.05, 0.1) is 5.92 Å². The minimum Gasteiger partial charge on any atom is -0.508 e. The maximum absolute atomic E-state index is 12.8. The molecule has 6 atom stereocenters. The summed E-state index contributed by atoms with van der Waals surface area (Å²) < 4.78 is 21.6. The highest BCUT2D eigenvalue weighted by atomic mass is 16.7. The molecule has 1 unspecified atom stereocenters. The number of benzene rings is 2. The molecule has 4 rings (SSSR count). The topological polar surface area (TPSA) is 234 Å². The second-order valence-electron chi connectivity index (χ2n) is 9.18. The van der Waals surface area contributed by atoms with Crippen LogP contribution in [0.2, 0.25) is 0 Å². The van der Waals surface area contributed by atoms with Crippen LogP contribution in [-0.4, -0.2) is 78.4 Å². The van der Waals surface area contributed by atoms with E-state index in [-0.39, 0.29) is 11.3 Å². The lowest BCUT2D eigenvalue weighted by molar-refractivity contribution is -0.277. The quantitative estimate of drug-likeness (QED) is 0.158. The van der Waals surface area contributed by atoms with Crippen molar-refractivity contribution in [2.24, 2.45) is 5.92 Å². The van der Waals surface area contributed by atoms with Gasteiger partial charge in [-0.25, -0.2) is 4.79 Å². The Hall–Kier alpha value is -4.53. The number of hydrogen-bond acceptors (Lipinski definition) is 13. The number of aliphatic carboxylic acids is 1. The summed E-state index contributed by atoms with van der Waals surface area (Å²) in [5.41, 5.74) is -1.66. The summed E-state index contributed by atoms with van der Waals surface area (Å²) in [4.78, 5) is 36.9. The zero-order valence-corrected chi connectivity index (χ0v) is 21.0. The van der Waals surface area contributed by atoms with Gasteiger partial charge in [0.2, 0.25) is 23.2 Å². The zero-order valence-electron chi connectivity index (χ0n) is 21.0. The predicted octanol–water partition coefficient (Wildman–Crippen LogP) is 1.15. The molecule has 0 saturated carbocycles. The van der Waals surface area contributed by atoms with Gasteiger partial charge in [0.25, 0.3) is 0 Å². The predicted molar refractivity (Wildman–Crippen MR) is 133 cm³/mol. The van der Waals surface area contributed by atoms with Crippen LogP contribution in [0.5, 0.6) is 28.7 Å². The Morgan fingerprint density at radius 2 is 1.68 bits per heavy atom. The van der Waals surface area contributed by atoms with Gasteiger partial charge in [-0.3, -0.25) is 9.59 Å². The number of aliphatic hydroxyl groups excluding tert-OH is 2. The lowest BCUT2D eigenvalue weighted by atomic mass is 9.98. The molecule has 1 aliphatic heterocycles. The van der Waals surface area contributed by atoms with E-state index in [2.05, 4.69) is 0 Å². The number of fused-ring (bicyclic) bond motifs is 1. The third-order valence-corrected chi connectivity index (χ3v) is 6.49. The molecule has 1 aromatic heterocycles. The molecule has 0 radical (unpaired) electrons. The summed E-state index contributed by atoms with van der Waals surface area (Å²) in [6.07, 6.45) is -9.44. The zero-order chi connectivity index (χ0) is 29.5. The van der Waals surface area contributed by atoms with Crippen LogP contribution in [0, 0.1) is 5.92 Å². The SMILES string of the molecule is CCC(C)C(=O)O[C@H]1[C@H](Oc2cc(O)c3c(=O)c(O)c(-c4ccc(O)cc4)oc3c2O)O[C@H](C(=O)O)[C@@H](O)[C@H]1O. The normalized spacial score (nSPS) is 23.4. The van der Waals surface area contributed by atoms with Crippen LogP contribution < -0.4 is 10.2 Å². The van der Waals surface area contributed by atoms with Crippen molar-refractivity contribution in [3.63, 3.8) is 0 Å². The van der Waals surface area contributed by atoms with Crippen LogP contribution in [0.3, 0.4) is 0 Å². The third kappa shape index (κ3) is 5.06. The highest BCUT2D eigenvalue weighted by Crippen LogP contribution is 2.43. The number of aromatic hydroxyl groups is 4. The monoisotopic (exact) mass is 562 g/mol. The number of carbonyl (C=O) groups excluding carboxylic acids is 1. The Kier molecular flexibility index (Phi) is 7.77. The lowest BCUT2D eigenvalue weighted by Crippen LogP contribution is -2.62. The van der Waals surface area contributed by atoms with Gasteiger partial charge in [-0.05, 0) is 30.7 Å². The fraction of sp³-hybridized carbons (Fsp3) is 0.346. The minimum absolute atomic E-state index is 0.119. The maximum Gasteiger partial charge on any atom is 0.335 e. The number of esters is 1. The molecule has 3 aromatic rings. The number of carbonyl (C=O) groups is 2. The summed E-state index contributed by atoms with van der Waals surface area (Å²) in [6.45, 7) is 3.22. The Labute approximate surface area is 224 Å². The van der Waals surface area contributed by atoms with E-state index >= 15 is 0 Å². The van der Waals surface area contributed by atoms with Crippen molar-refractivity contribution in [1.82, 2.24) is 0 Å². The van der Waals surface area contributed by atoms with E-state index in [0.29, 0.717) is 6.42 Å². The van der Waals surface area contributed by atoms with E-state index in [4.69, 9.17) is 18.6 Å². The Bertz CT molecular complexity index is 1490. The maximum atomic E-state index is 12.8. The minimum atomic E-state index is -2.04. The second-order valence-corrected chi connectivity index (χ2v) is 9.18. The van der Waals surface area contributed by atoms with Gasteiger partial charge in [0.1, 0.15) is 29.1 Å². The van der Waals surface area contributed by atoms with Crippen molar-refractivity contribution >= 4 is 22.9 Å². The van der Waals surface area contributed by atoms with Crippen LogP contribution in [-0.2, 0) is 19.1 Å². The Morgan fingerprint density at radius 3 is 2.27 bits per heavy atom. The molecule has 1 aliphatic rings. The van der Waals surface area contributed by atoms with E-state index in [9.17, 15) is 50.1 Å². The first-order chi connectivity index (χ1) is 18.8. The summed E-state index contributed by atoms with van der Waals surface area (Å²) >= 11 is 0. The van der Waals surface area contributed by atoms with Gasteiger partial charge < -0.3 is 54.4 Å². The number of phenolic OH excluding ortho intramolecular Hbond substituents is 3. The van der Waals surface area contributed by atoms with Crippen LogP contribution in [0.4, 0.5) is 0 Å². The summed E-state index contributed by atoms with van der Waals surface area (Å²) in [6, 6.07) is 5.84. The van der Waals surface area contributed by atoms with Crippen LogP contribution >= 0.6 is 0 Å². The fourth-order valence-corrected chi connectivity index (χ4v) is 4.00. The molecule has 14 nitrogen and oxygen atoms in total. The summed E-state index contributed by atoms with van der Waals surface area (Å²) in [7, 11) is 0. The number of aliphatic hydroxyl groups is 2. The van der Waals surface area contributed by atoms with Crippen molar-refractivity contribution in [3.05, 3.63) is 40.6 Å². The van der Waals surface area contributed by atoms with Gasteiger partial charge in [-0.2, -0.15) is 0 Å². The molecule has 40 heavy (non-hydrogen) atoms. The summed E-state index contributed by atoms with van der Waals surface area (Å²) in [5, 5.41) is 71.0. The molecule has 1 saturated heterocycles. The molecule has 7 N–H and O–H groups in total. The largest absolute Gasteiger partial charge is 0.508 e. The third-order valence-electron chi connectivity index (χ3n) is 6.49. The van der Waals surface area contributed by atoms with E-state index in [1.54, 1.807) is 6.92 Å². The fourth-order valence-electron chi connectivity index (χ4n) is 4.00. The van der Waals surface area contributed by atoms with Gasteiger partial charge >= 0.3 is 11.9 Å². The molecule has 0 aliphatic carbocycles. The average molecular weight is 562 g/mol. The molecule has 14 heteroatoms. The first kappa shape index (κ1) is 28.5. The highest BCUT2D eigenvalue weighted by molar-refractivity contribution is 5.93. The standard InChI is InChI=1S/C26H26O14/c1-3-9(2)25(36)39-23-19(33)18(32)22(24(34)35)40-26(23)37-13-8-12(28)14-16(30)17(31)20(38-21(14)15(13)29)10-4-6-11(27)7-5-10/h4-9,18-19,22-23,26-29,31-33H,3H2,1-2H3,(H,34,35)/t9?,18-,19+,22-,23+,26+/m0/s1. The van der Waals surface area contributed by atoms with E-state index in [0.717, 1.165) is 6.07 Å². The molecule has 2 aromatic carbocycles. The van der Waals surface area contributed by atoms with Crippen LogP contribution in [0.1, 0.15) is 20.3 Å². The van der Waals surface area contributed by atoms with Crippen molar-refractivity contribution < 1.29 is 64.0 Å². The van der Waals surface area contributed by atoms with E-state index in [1.165, 1.54) is 31.2 Å². The van der Waals surface area contributed by atoms with Gasteiger partial charge in [0.15, 0.2) is 29.3 Å². The Balaban J connectivity index is 1.81. The number of ether oxygens (including phenoxy) is 3. The second kappa shape index (κ2) is 10.9. The van der Waals surface area contributed by atoms with Crippen LogP contribution in [0.15, 0.2) is 39.5 Å². The molecule has 1 fully saturated rings. The van der Waals surface area contributed by atoms with Gasteiger partial charge in [-0.15, -0.1) is 0 Å². The lowest BCUT2D eigenvalue weighted by Gasteiger charge is -2.40. The molecular weight excluding hydrogens is 536 g/mol. The molecule has 2 heterocycles. The molecule has 0 spiro atoms. The number of carboxylic acids is 1. The first-order valence-corrected chi connectivity index (χ1v) is 12.0. The highest BCUT2D eigenvalue weighted by Gasteiger charge is 2.51. The number of rotatable bonds is 7. The average Bonchev–Trinajstić information content (AvgIpc) is 2.92. The summed E-state index contributed by atoms with van der Waals surface area (Å²) in [5.74, 6) is -7.01. The van der Waals surface area contributed by atoms with Crippen molar-refractivity contribution in [1.29, 1.82) is 0 Å². The number of carboxylic acid groups (broad SMARTS) is 1. The van der Waals surface area contributed by atoms with Crippen molar-refractivity contribution in [2.45, 2.75) is 51.0 Å².